The number of halogens is 4. The van der Waals surface area contributed by atoms with Crippen LogP contribution in [0.3, 0.4) is 0 Å². The number of carbonyl (C=O) groups excluding carboxylic acids is 3. The van der Waals surface area contributed by atoms with Crippen molar-refractivity contribution in [2.75, 3.05) is 0 Å². The maximum absolute atomic E-state index is 12.4. The summed E-state index contributed by atoms with van der Waals surface area (Å²) in [6, 6.07) is 15.9. The zero-order chi connectivity index (χ0) is 30.5. The first-order chi connectivity index (χ1) is 19.9. The minimum atomic E-state index is -1.35. The fourth-order valence-corrected chi connectivity index (χ4v) is 6.86. The van der Waals surface area contributed by atoms with Gasteiger partial charge in [-0.1, -0.05) is 70.2 Å². The summed E-state index contributed by atoms with van der Waals surface area (Å²) in [6.45, 7) is 0. The van der Waals surface area contributed by atoms with Gasteiger partial charge in [0.2, 0.25) is 11.2 Å². The molecule has 0 bridgehead atoms. The molecule has 210 valence electrons. The second-order valence-electron chi connectivity index (χ2n) is 8.84. The van der Waals surface area contributed by atoms with E-state index in [-0.39, 0.29) is 116 Å². The van der Waals surface area contributed by atoms with E-state index in [0.29, 0.717) is 27.6 Å². The molecule has 1 N–H and O–H groups in total. The largest absolute Gasteiger partial charge is 1.00 e. The average Bonchev–Trinajstić information content (AvgIpc) is 2.97. The summed E-state index contributed by atoms with van der Waals surface area (Å²) < 4.78 is 6.80. The van der Waals surface area contributed by atoms with Crippen molar-refractivity contribution in [3.63, 3.8) is 0 Å². The van der Waals surface area contributed by atoms with Crippen LogP contribution < -0.4 is 74.8 Å². The van der Waals surface area contributed by atoms with Crippen LogP contribution in [0.5, 0.6) is 5.75 Å². The van der Waals surface area contributed by atoms with Crippen molar-refractivity contribution in [1.29, 1.82) is 0 Å². The summed E-state index contributed by atoms with van der Waals surface area (Å²) in [4.78, 5) is 46.7. The number of aliphatic hydroxyl groups is 1. The summed E-state index contributed by atoms with van der Waals surface area (Å²) in [5.74, 6) is -2.79. The van der Waals surface area contributed by atoms with Gasteiger partial charge in [-0.2, -0.15) is 0 Å². The Kier molecular flexibility index (Phi) is 12.5. The van der Waals surface area contributed by atoms with Gasteiger partial charge in [0, 0.05) is 43.8 Å². The van der Waals surface area contributed by atoms with Gasteiger partial charge in [-0.05, 0) is 65.5 Å². The van der Waals surface area contributed by atoms with E-state index < -0.39 is 17.5 Å². The number of aliphatic hydroxyl groups excluding tert-OH is 1. The molecular formula is C30H12Br4Na2O8. The predicted molar refractivity (Wildman–Crippen MR) is 165 cm³/mol. The third kappa shape index (κ3) is 6.76. The first kappa shape index (κ1) is 36.9. The Morgan fingerprint density at radius 1 is 0.773 bits per heavy atom. The molecular weight excluding hydrogens is 854 g/mol. The molecule has 3 aromatic carbocycles. The van der Waals surface area contributed by atoms with E-state index in [1.165, 1.54) is 12.1 Å². The van der Waals surface area contributed by atoms with Crippen molar-refractivity contribution in [2.45, 2.75) is 0 Å². The number of ketones is 2. The number of carboxylic acids is 1. The van der Waals surface area contributed by atoms with E-state index in [2.05, 4.69) is 63.7 Å². The Morgan fingerprint density at radius 2 is 1.36 bits per heavy atom. The third-order valence-electron chi connectivity index (χ3n) is 6.36. The van der Waals surface area contributed by atoms with Crippen molar-refractivity contribution < 1.29 is 93.2 Å². The topological polar surface area (TPSA) is 148 Å². The smallest absolute Gasteiger partial charge is 0.871 e. The molecule has 14 heteroatoms. The van der Waals surface area contributed by atoms with E-state index in [1.54, 1.807) is 48.5 Å². The van der Waals surface area contributed by atoms with Crippen LogP contribution in [0.4, 0.5) is 0 Å². The zero-order valence-electron chi connectivity index (χ0n) is 22.7. The Morgan fingerprint density at radius 3 is 2.00 bits per heavy atom. The van der Waals surface area contributed by atoms with Crippen LogP contribution >= 0.6 is 63.7 Å². The molecule has 3 aromatic rings. The van der Waals surface area contributed by atoms with Gasteiger partial charge >= 0.3 is 59.1 Å². The molecule has 0 saturated heterocycles. The van der Waals surface area contributed by atoms with Gasteiger partial charge in [-0.15, -0.1) is 0 Å². The first-order valence-corrected chi connectivity index (χ1v) is 14.9. The minimum Gasteiger partial charge on any atom is -0.871 e. The van der Waals surface area contributed by atoms with E-state index in [1.807, 2.05) is 0 Å². The molecule has 0 fully saturated rings. The summed E-state index contributed by atoms with van der Waals surface area (Å²) in [6.07, 6.45) is 0.949. The van der Waals surface area contributed by atoms with Gasteiger partial charge in [0.15, 0.2) is 17.3 Å². The van der Waals surface area contributed by atoms with Crippen LogP contribution in [-0.4, -0.2) is 22.6 Å². The average molecular weight is 866 g/mol. The summed E-state index contributed by atoms with van der Waals surface area (Å²) in [5.41, 5.74) is 1.79. The molecule has 3 aliphatic rings. The second kappa shape index (κ2) is 14.9. The number of aromatic carboxylic acids is 1. The molecule has 6 rings (SSSR count). The van der Waals surface area contributed by atoms with Gasteiger partial charge in [-0.3, -0.25) is 14.4 Å². The van der Waals surface area contributed by atoms with Crippen LogP contribution in [0.25, 0.3) is 33.4 Å². The Bertz CT molecular complexity index is 2060. The van der Waals surface area contributed by atoms with Gasteiger partial charge < -0.3 is 24.5 Å². The number of hydrogen-bond acceptors (Lipinski definition) is 8. The number of fused-ring (bicyclic) bond motifs is 3. The maximum Gasteiger partial charge on any atom is 1.00 e. The van der Waals surface area contributed by atoms with Crippen molar-refractivity contribution >= 4 is 92.2 Å². The number of benzene rings is 4. The first-order valence-electron chi connectivity index (χ1n) is 11.7. The van der Waals surface area contributed by atoms with E-state index in [0.717, 1.165) is 6.08 Å². The quantitative estimate of drug-likeness (QED) is 0.200. The fraction of sp³-hybridized carbons (Fsp3) is 0. The van der Waals surface area contributed by atoms with Crippen LogP contribution in [0.15, 0.2) is 99.6 Å². The number of Topliss-reactive ketones (excluding diaryl/α,β-unsaturated/α-hetero) is 1. The minimum absolute atomic E-state index is 0. The summed E-state index contributed by atoms with van der Waals surface area (Å²) in [5, 5.41) is 33.8. The Labute approximate surface area is 327 Å². The molecule has 0 atom stereocenters. The standard InChI is InChI=1S/C20H8Br4O5.C10H6O3.2Na/c21-11-5-9-13(7-3-1-2-4-8(7)20(27)28)10-6-12(22)17(26)15(24)19(10)29-18(9)14(23)16(11)25;11-8-5-9(12)10(13)7-4-2-1-3-6(7)8;;/h1-6,25H,(H,27,28);1-5,12H;;/q;;2*+1/p-2. The molecule has 1 aliphatic heterocycles. The van der Waals surface area contributed by atoms with Gasteiger partial charge in [-0.25, -0.2) is 0 Å². The molecule has 0 amide bonds. The van der Waals surface area contributed by atoms with Crippen molar-refractivity contribution in [3.8, 4) is 28.2 Å². The van der Waals surface area contributed by atoms with Crippen LogP contribution in [0, 0.1) is 0 Å². The van der Waals surface area contributed by atoms with E-state index >= 15 is 0 Å². The Balaban J connectivity index is 0.000000297. The summed E-state index contributed by atoms with van der Waals surface area (Å²) >= 11 is 13.0. The van der Waals surface area contributed by atoms with Crippen LogP contribution in [0.1, 0.15) is 31.1 Å². The van der Waals surface area contributed by atoms with Crippen molar-refractivity contribution in [2.24, 2.45) is 0 Å². The monoisotopic (exact) mass is 862 g/mol. The second-order valence-corrected chi connectivity index (χ2v) is 12.1. The number of carbonyl (C=O) groups is 3. The van der Waals surface area contributed by atoms with Crippen molar-refractivity contribution in [3.05, 3.63) is 117 Å². The molecule has 0 radical (unpaired) electrons. The van der Waals surface area contributed by atoms with Gasteiger partial charge in [0.25, 0.3) is 0 Å². The van der Waals surface area contributed by atoms with Gasteiger partial charge in [0.05, 0.1) is 14.9 Å². The molecule has 0 saturated carbocycles. The van der Waals surface area contributed by atoms with Gasteiger partial charge in [0.1, 0.15) is 10.1 Å². The van der Waals surface area contributed by atoms with E-state index in [9.17, 15) is 29.4 Å². The van der Waals surface area contributed by atoms with Crippen LogP contribution in [0.2, 0.25) is 0 Å². The predicted octanol–water partition coefficient (Wildman–Crippen LogP) is 0.567. The number of allylic oxidation sites excluding steroid dienone is 2. The molecule has 8 nitrogen and oxygen atoms in total. The number of hydrogen-bond donors (Lipinski definition) is 1. The molecule has 0 aromatic heterocycles. The molecule has 44 heavy (non-hydrogen) atoms. The molecule has 2 aliphatic carbocycles. The number of carboxylic acid groups (broad SMARTS) is 1. The molecule has 1 heterocycles. The van der Waals surface area contributed by atoms with Crippen LogP contribution in [-0.2, 0) is 0 Å². The number of rotatable bonds is 2. The third-order valence-corrected chi connectivity index (χ3v) is 8.98. The van der Waals surface area contributed by atoms with Crippen molar-refractivity contribution in [1.82, 2.24) is 0 Å². The van der Waals surface area contributed by atoms with E-state index in [4.69, 9.17) is 9.52 Å². The molecule has 0 spiro atoms. The SMILES string of the molecule is O=C([O-])c1ccccc1-c1c2cc(Br)c(=O)c(Br)c-2oc2c(Br)c([O-])c(Br)cc12.O=C1C=C(O)C(=O)c2ccccc21.[Na+].[Na+]. The summed E-state index contributed by atoms with van der Waals surface area (Å²) in [7, 11) is 0. The zero-order valence-corrected chi connectivity index (χ0v) is 33.0. The molecule has 0 unspecified atom stereocenters. The fourth-order valence-electron chi connectivity index (χ4n) is 4.46. The Hall–Kier alpha value is -1.58. The maximum atomic E-state index is 12.4. The normalized spacial score (nSPS) is 12.0.